The summed E-state index contributed by atoms with van der Waals surface area (Å²) in [5.74, 6) is 1.10. The lowest BCUT2D eigenvalue weighted by molar-refractivity contribution is -0.0284. The molecule has 2 unspecified atom stereocenters. The average Bonchev–Trinajstić information content (AvgIpc) is 2.65. The van der Waals surface area contributed by atoms with Crippen LogP contribution in [0, 0.1) is 11.7 Å². The van der Waals surface area contributed by atoms with Crippen LogP contribution >= 0.6 is 24.0 Å². The Morgan fingerprint density at radius 3 is 2.64 bits per heavy atom. The molecule has 2 atom stereocenters. The first-order valence-corrected chi connectivity index (χ1v) is 9.58. The summed E-state index contributed by atoms with van der Waals surface area (Å²) < 4.78 is 24.5. The van der Waals surface area contributed by atoms with Gasteiger partial charge in [-0.15, -0.1) is 24.0 Å². The molecule has 1 aliphatic heterocycles. The van der Waals surface area contributed by atoms with Gasteiger partial charge < -0.3 is 20.1 Å². The zero-order valence-corrected chi connectivity index (χ0v) is 19.6. The molecule has 2 rings (SSSR count). The van der Waals surface area contributed by atoms with E-state index in [4.69, 9.17) is 9.47 Å². The van der Waals surface area contributed by atoms with Crippen molar-refractivity contribution < 1.29 is 13.9 Å². The lowest BCUT2D eigenvalue weighted by atomic mass is 10.1. The number of aliphatic imine (C=N–C) groups is 1. The third-order valence-electron chi connectivity index (χ3n) is 4.55. The molecule has 0 radical (unpaired) electrons. The smallest absolute Gasteiger partial charge is 0.191 e. The van der Waals surface area contributed by atoms with Crippen molar-refractivity contribution in [2.24, 2.45) is 10.9 Å². The molecule has 160 valence electrons. The van der Waals surface area contributed by atoms with Crippen LogP contribution in [0.1, 0.15) is 25.5 Å². The topological polar surface area (TPSA) is 58.1 Å². The molecule has 1 fully saturated rings. The number of hydrogen-bond acceptors (Lipinski definition) is 4. The summed E-state index contributed by atoms with van der Waals surface area (Å²) in [5.41, 5.74) is 0.918. The van der Waals surface area contributed by atoms with Crippen molar-refractivity contribution in [3.05, 3.63) is 35.6 Å². The maximum Gasteiger partial charge on any atom is 0.191 e. The SMILES string of the molecule is CN=C(NCC1CN(CC(C)C)CCO1)NCC(OC)c1ccc(F)cc1.I. The number of nitrogens with zero attached hydrogens (tertiary/aromatic N) is 2. The molecule has 1 aliphatic rings. The van der Waals surface area contributed by atoms with Crippen LogP contribution in [-0.4, -0.2) is 70.5 Å². The highest BCUT2D eigenvalue weighted by molar-refractivity contribution is 14.0. The monoisotopic (exact) mass is 508 g/mol. The molecular weight excluding hydrogens is 474 g/mol. The molecule has 0 amide bonds. The first kappa shape index (κ1) is 25.1. The van der Waals surface area contributed by atoms with Crippen LogP contribution in [0.4, 0.5) is 4.39 Å². The second-order valence-corrected chi connectivity index (χ2v) is 7.26. The highest BCUT2D eigenvalue weighted by Crippen LogP contribution is 2.16. The van der Waals surface area contributed by atoms with E-state index in [-0.39, 0.29) is 42.0 Å². The zero-order valence-electron chi connectivity index (χ0n) is 17.3. The van der Waals surface area contributed by atoms with Gasteiger partial charge in [0.05, 0.1) is 18.8 Å². The number of halogens is 2. The molecule has 0 saturated carbocycles. The maximum atomic E-state index is 13.1. The van der Waals surface area contributed by atoms with Crippen LogP contribution in [0.25, 0.3) is 0 Å². The molecule has 0 aromatic heterocycles. The maximum absolute atomic E-state index is 13.1. The molecular formula is C20H34FIN4O2. The number of ether oxygens (including phenoxy) is 2. The molecule has 8 heteroatoms. The molecule has 1 aromatic rings. The fourth-order valence-electron chi connectivity index (χ4n) is 3.22. The van der Waals surface area contributed by atoms with Gasteiger partial charge >= 0.3 is 0 Å². The summed E-state index contributed by atoms with van der Waals surface area (Å²) in [6.07, 6.45) is -0.0389. The summed E-state index contributed by atoms with van der Waals surface area (Å²) >= 11 is 0. The van der Waals surface area contributed by atoms with Crippen molar-refractivity contribution >= 4 is 29.9 Å². The van der Waals surface area contributed by atoms with Gasteiger partial charge in [-0.3, -0.25) is 9.89 Å². The van der Waals surface area contributed by atoms with Gasteiger partial charge in [-0.05, 0) is 23.6 Å². The summed E-state index contributed by atoms with van der Waals surface area (Å²) in [7, 11) is 3.38. The second kappa shape index (κ2) is 13.3. The molecule has 1 heterocycles. The van der Waals surface area contributed by atoms with Gasteiger partial charge in [0.25, 0.3) is 0 Å². The first-order valence-electron chi connectivity index (χ1n) is 9.58. The quantitative estimate of drug-likeness (QED) is 0.322. The minimum absolute atomic E-state index is 0. The Morgan fingerprint density at radius 2 is 2.04 bits per heavy atom. The molecule has 0 spiro atoms. The van der Waals surface area contributed by atoms with Gasteiger partial charge in [-0.2, -0.15) is 0 Å². The molecule has 1 aromatic carbocycles. The Bertz CT molecular complexity index is 586. The van der Waals surface area contributed by atoms with E-state index in [0.29, 0.717) is 25.0 Å². The predicted molar refractivity (Wildman–Crippen MR) is 122 cm³/mol. The number of methoxy groups -OCH3 is 1. The van der Waals surface area contributed by atoms with Crippen molar-refractivity contribution in [2.45, 2.75) is 26.1 Å². The lowest BCUT2D eigenvalue weighted by Gasteiger charge is -2.34. The third kappa shape index (κ3) is 8.59. The van der Waals surface area contributed by atoms with Crippen LogP contribution in [-0.2, 0) is 9.47 Å². The summed E-state index contributed by atoms with van der Waals surface area (Å²) in [5, 5.41) is 6.59. The number of hydrogen-bond donors (Lipinski definition) is 2. The fraction of sp³-hybridized carbons (Fsp3) is 0.650. The first-order chi connectivity index (χ1) is 13.0. The summed E-state index contributed by atoms with van der Waals surface area (Å²) in [6.45, 7) is 9.49. The summed E-state index contributed by atoms with van der Waals surface area (Å²) in [6, 6.07) is 6.36. The van der Waals surface area contributed by atoms with E-state index in [2.05, 4.69) is 34.4 Å². The predicted octanol–water partition coefficient (Wildman–Crippen LogP) is 2.65. The fourth-order valence-corrected chi connectivity index (χ4v) is 3.22. The Labute approximate surface area is 185 Å². The minimum atomic E-state index is -0.252. The normalized spacial score (nSPS) is 19.2. The number of guanidine groups is 1. The van der Waals surface area contributed by atoms with E-state index < -0.39 is 0 Å². The number of nitrogens with one attached hydrogen (secondary N) is 2. The van der Waals surface area contributed by atoms with Crippen LogP contribution < -0.4 is 10.6 Å². The Kier molecular flexibility index (Phi) is 11.9. The largest absolute Gasteiger partial charge is 0.375 e. The van der Waals surface area contributed by atoms with Crippen molar-refractivity contribution in [3.63, 3.8) is 0 Å². The molecule has 1 saturated heterocycles. The van der Waals surface area contributed by atoms with Crippen LogP contribution in [0.5, 0.6) is 0 Å². The van der Waals surface area contributed by atoms with Crippen LogP contribution in [0.15, 0.2) is 29.3 Å². The standard InChI is InChI=1S/C20H33FN4O2.HI/c1-15(2)13-25-9-10-27-18(14-25)11-23-20(22-3)24-12-19(26-4)16-5-7-17(21)8-6-16;/h5-8,15,18-19H,9-14H2,1-4H3,(H2,22,23,24);1H. The Hall–Kier alpha value is -0.970. The van der Waals surface area contributed by atoms with E-state index in [1.54, 1.807) is 26.3 Å². The van der Waals surface area contributed by atoms with Gasteiger partial charge in [-0.1, -0.05) is 26.0 Å². The van der Waals surface area contributed by atoms with Crippen LogP contribution in [0.3, 0.4) is 0 Å². The number of rotatable bonds is 8. The van der Waals surface area contributed by atoms with Crippen molar-refractivity contribution in [2.75, 3.05) is 53.5 Å². The minimum Gasteiger partial charge on any atom is -0.375 e. The third-order valence-corrected chi connectivity index (χ3v) is 4.55. The van der Waals surface area contributed by atoms with Gasteiger partial charge in [0.2, 0.25) is 0 Å². The molecule has 0 bridgehead atoms. The van der Waals surface area contributed by atoms with E-state index >= 15 is 0 Å². The second-order valence-electron chi connectivity index (χ2n) is 7.26. The van der Waals surface area contributed by atoms with E-state index in [1.165, 1.54) is 12.1 Å². The lowest BCUT2D eigenvalue weighted by Crippen LogP contribution is -2.50. The summed E-state index contributed by atoms with van der Waals surface area (Å²) in [4.78, 5) is 6.71. The Balaban J connectivity index is 0.00000392. The van der Waals surface area contributed by atoms with Gasteiger partial charge in [0.1, 0.15) is 5.82 Å². The number of morpholine rings is 1. The van der Waals surface area contributed by atoms with Crippen molar-refractivity contribution in [1.82, 2.24) is 15.5 Å². The molecule has 6 nitrogen and oxygen atoms in total. The van der Waals surface area contributed by atoms with Crippen LogP contribution in [0.2, 0.25) is 0 Å². The van der Waals surface area contributed by atoms with Crippen molar-refractivity contribution in [1.29, 1.82) is 0 Å². The molecule has 28 heavy (non-hydrogen) atoms. The highest BCUT2D eigenvalue weighted by Gasteiger charge is 2.21. The molecule has 2 N–H and O–H groups in total. The van der Waals surface area contributed by atoms with Gasteiger partial charge in [0, 0.05) is 46.9 Å². The zero-order chi connectivity index (χ0) is 19.6. The van der Waals surface area contributed by atoms with Crippen molar-refractivity contribution in [3.8, 4) is 0 Å². The number of benzene rings is 1. The highest BCUT2D eigenvalue weighted by atomic mass is 127. The van der Waals surface area contributed by atoms with Gasteiger partial charge in [0.15, 0.2) is 5.96 Å². The average molecular weight is 508 g/mol. The van der Waals surface area contributed by atoms with E-state index in [1.807, 2.05) is 0 Å². The molecule has 0 aliphatic carbocycles. The van der Waals surface area contributed by atoms with Gasteiger partial charge in [-0.25, -0.2) is 4.39 Å². The Morgan fingerprint density at radius 1 is 1.32 bits per heavy atom. The van der Waals surface area contributed by atoms with E-state index in [0.717, 1.165) is 31.8 Å². The van der Waals surface area contributed by atoms with E-state index in [9.17, 15) is 4.39 Å².